The number of fused-ring (bicyclic) bond motifs is 1. The van der Waals surface area contributed by atoms with Gasteiger partial charge in [-0.05, 0) is 23.8 Å². The molecule has 0 N–H and O–H groups in total. The van der Waals surface area contributed by atoms with Crippen molar-refractivity contribution in [3.8, 4) is 0 Å². The van der Waals surface area contributed by atoms with Crippen LogP contribution in [0.15, 0.2) is 24.3 Å². The standard InChI is InChI=1S/C11H13NS2/c1-8(13)6-7-11-12-9-4-2-3-5-10(9)14-11/h2-5,8,13H,6-7H2,1H3. The minimum absolute atomic E-state index is 0.460. The van der Waals surface area contributed by atoms with Crippen molar-refractivity contribution >= 4 is 34.2 Å². The zero-order valence-electron chi connectivity index (χ0n) is 8.10. The number of hydrogen-bond donors (Lipinski definition) is 1. The Bertz CT molecular complexity index is 387. The topological polar surface area (TPSA) is 12.9 Å². The summed E-state index contributed by atoms with van der Waals surface area (Å²) < 4.78 is 1.29. The van der Waals surface area contributed by atoms with E-state index in [0.717, 1.165) is 18.4 Å². The van der Waals surface area contributed by atoms with Crippen molar-refractivity contribution in [2.75, 3.05) is 0 Å². The molecular weight excluding hydrogens is 210 g/mol. The summed E-state index contributed by atoms with van der Waals surface area (Å²) in [6, 6.07) is 8.29. The van der Waals surface area contributed by atoms with Crippen LogP contribution in [0.1, 0.15) is 18.4 Å². The van der Waals surface area contributed by atoms with Crippen LogP contribution in [0.4, 0.5) is 0 Å². The lowest BCUT2D eigenvalue weighted by atomic mass is 10.2. The Labute approximate surface area is 93.6 Å². The minimum Gasteiger partial charge on any atom is -0.241 e. The Balaban J connectivity index is 2.19. The summed E-state index contributed by atoms with van der Waals surface area (Å²) in [6.45, 7) is 2.12. The third-order valence-corrected chi connectivity index (χ3v) is 3.47. The monoisotopic (exact) mass is 223 g/mol. The van der Waals surface area contributed by atoms with E-state index < -0.39 is 0 Å². The number of thiazole rings is 1. The zero-order valence-corrected chi connectivity index (χ0v) is 9.81. The molecule has 0 aliphatic carbocycles. The van der Waals surface area contributed by atoms with Crippen molar-refractivity contribution < 1.29 is 0 Å². The first-order chi connectivity index (χ1) is 6.75. The van der Waals surface area contributed by atoms with Crippen molar-refractivity contribution in [2.45, 2.75) is 25.0 Å². The number of aryl methyl sites for hydroxylation is 1. The molecule has 1 aromatic carbocycles. The molecule has 2 aromatic rings. The highest BCUT2D eigenvalue weighted by atomic mass is 32.1. The molecule has 0 spiro atoms. The number of benzene rings is 1. The molecule has 0 radical (unpaired) electrons. The van der Waals surface area contributed by atoms with E-state index in [1.807, 2.05) is 6.07 Å². The summed E-state index contributed by atoms with van der Waals surface area (Å²) in [5, 5.41) is 1.69. The summed E-state index contributed by atoms with van der Waals surface area (Å²) in [4.78, 5) is 4.57. The van der Waals surface area contributed by atoms with Crippen LogP contribution in [0.3, 0.4) is 0 Å². The molecule has 0 bridgehead atoms. The van der Waals surface area contributed by atoms with Crippen molar-refractivity contribution in [3.05, 3.63) is 29.3 Å². The molecule has 0 aliphatic heterocycles. The van der Waals surface area contributed by atoms with Crippen LogP contribution in [-0.4, -0.2) is 10.2 Å². The maximum absolute atomic E-state index is 4.57. The van der Waals surface area contributed by atoms with Crippen LogP contribution in [-0.2, 0) is 6.42 Å². The molecule has 14 heavy (non-hydrogen) atoms. The SMILES string of the molecule is CC(S)CCc1nc2ccccc2s1. The first kappa shape index (κ1) is 9.99. The van der Waals surface area contributed by atoms with E-state index in [0.29, 0.717) is 5.25 Å². The highest BCUT2D eigenvalue weighted by Gasteiger charge is 2.03. The number of rotatable bonds is 3. The highest BCUT2D eigenvalue weighted by Crippen LogP contribution is 2.23. The largest absolute Gasteiger partial charge is 0.241 e. The fourth-order valence-corrected chi connectivity index (χ4v) is 2.47. The Morgan fingerprint density at radius 2 is 2.21 bits per heavy atom. The minimum atomic E-state index is 0.460. The number of para-hydroxylation sites is 1. The Kier molecular flexibility index (Phi) is 3.08. The van der Waals surface area contributed by atoms with Crippen molar-refractivity contribution in [3.63, 3.8) is 0 Å². The second-order valence-electron chi connectivity index (χ2n) is 3.46. The van der Waals surface area contributed by atoms with Gasteiger partial charge in [0.25, 0.3) is 0 Å². The van der Waals surface area contributed by atoms with Gasteiger partial charge in [0.15, 0.2) is 0 Å². The van der Waals surface area contributed by atoms with E-state index in [1.54, 1.807) is 11.3 Å². The molecule has 2 rings (SSSR count). The third-order valence-electron chi connectivity index (χ3n) is 2.11. The number of aromatic nitrogens is 1. The van der Waals surface area contributed by atoms with Crippen molar-refractivity contribution in [1.82, 2.24) is 4.98 Å². The summed E-state index contributed by atoms with van der Waals surface area (Å²) >= 11 is 6.16. The first-order valence-corrected chi connectivity index (χ1v) is 6.11. The Morgan fingerprint density at radius 1 is 1.43 bits per heavy atom. The van der Waals surface area contributed by atoms with E-state index in [4.69, 9.17) is 0 Å². The van der Waals surface area contributed by atoms with Crippen molar-refractivity contribution in [1.29, 1.82) is 0 Å². The molecule has 0 saturated heterocycles. The third kappa shape index (κ3) is 2.28. The van der Waals surface area contributed by atoms with Gasteiger partial charge in [-0.15, -0.1) is 11.3 Å². The highest BCUT2D eigenvalue weighted by molar-refractivity contribution is 7.80. The van der Waals surface area contributed by atoms with Gasteiger partial charge in [0.1, 0.15) is 0 Å². The van der Waals surface area contributed by atoms with E-state index in [-0.39, 0.29) is 0 Å². The maximum atomic E-state index is 4.57. The Hall–Kier alpha value is -0.540. The summed E-state index contributed by atoms with van der Waals surface area (Å²) in [5.74, 6) is 0. The molecule has 1 atom stereocenters. The molecule has 0 fully saturated rings. The summed E-state index contributed by atoms with van der Waals surface area (Å²) in [6.07, 6.45) is 2.15. The van der Waals surface area contributed by atoms with E-state index in [2.05, 4.69) is 42.7 Å². The lowest BCUT2D eigenvalue weighted by molar-refractivity contribution is 0.812. The van der Waals surface area contributed by atoms with Crippen LogP contribution in [0.5, 0.6) is 0 Å². The van der Waals surface area contributed by atoms with Gasteiger partial charge in [-0.1, -0.05) is 19.1 Å². The molecular formula is C11H13NS2. The molecule has 1 nitrogen and oxygen atoms in total. The molecule has 3 heteroatoms. The molecule has 0 aliphatic rings. The molecule has 1 heterocycles. The second kappa shape index (κ2) is 4.32. The van der Waals surface area contributed by atoms with Gasteiger partial charge in [0.05, 0.1) is 15.2 Å². The van der Waals surface area contributed by atoms with Gasteiger partial charge in [-0.2, -0.15) is 12.6 Å². The van der Waals surface area contributed by atoms with Gasteiger partial charge < -0.3 is 0 Å². The first-order valence-electron chi connectivity index (χ1n) is 4.78. The molecule has 1 unspecified atom stereocenters. The lowest BCUT2D eigenvalue weighted by Crippen LogP contribution is -1.93. The number of hydrogen-bond acceptors (Lipinski definition) is 3. The summed E-state index contributed by atoms with van der Waals surface area (Å²) in [7, 11) is 0. The smallest absolute Gasteiger partial charge is 0.0939 e. The van der Waals surface area contributed by atoms with Gasteiger partial charge in [-0.3, -0.25) is 0 Å². The fourth-order valence-electron chi connectivity index (χ4n) is 1.36. The molecule has 1 aromatic heterocycles. The van der Waals surface area contributed by atoms with Crippen LogP contribution >= 0.6 is 24.0 Å². The normalized spacial score (nSPS) is 13.3. The number of nitrogens with zero attached hydrogens (tertiary/aromatic N) is 1. The van der Waals surface area contributed by atoms with Gasteiger partial charge in [-0.25, -0.2) is 4.98 Å². The van der Waals surface area contributed by atoms with Crippen LogP contribution < -0.4 is 0 Å². The van der Waals surface area contributed by atoms with Gasteiger partial charge in [0.2, 0.25) is 0 Å². The number of thiol groups is 1. The molecule has 0 saturated carbocycles. The van der Waals surface area contributed by atoms with Gasteiger partial charge in [0, 0.05) is 6.42 Å². The average Bonchev–Trinajstić information content (AvgIpc) is 2.57. The zero-order chi connectivity index (χ0) is 9.97. The van der Waals surface area contributed by atoms with Crippen LogP contribution in [0.2, 0.25) is 0 Å². The maximum Gasteiger partial charge on any atom is 0.0939 e. The van der Waals surface area contributed by atoms with Crippen LogP contribution in [0, 0.1) is 0 Å². The fraction of sp³-hybridized carbons (Fsp3) is 0.364. The predicted molar refractivity (Wildman–Crippen MR) is 66.4 cm³/mol. The van der Waals surface area contributed by atoms with Gasteiger partial charge >= 0.3 is 0 Å². The molecule has 74 valence electrons. The molecule has 0 amide bonds. The summed E-state index contributed by atoms with van der Waals surface area (Å²) in [5.41, 5.74) is 1.12. The lowest BCUT2D eigenvalue weighted by Gasteiger charge is -1.99. The quantitative estimate of drug-likeness (QED) is 0.785. The average molecular weight is 223 g/mol. The predicted octanol–water partition coefficient (Wildman–Crippen LogP) is 3.55. The van der Waals surface area contributed by atoms with E-state index in [1.165, 1.54) is 9.71 Å². The van der Waals surface area contributed by atoms with Crippen molar-refractivity contribution in [2.24, 2.45) is 0 Å². The second-order valence-corrected chi connectivity index (χ2v) is 5.46. The van der Waals surface area contributed by atoms with Crippen LogP contribution in [0.25, 0.3) is 10.2 Å². The van der Waals surface area contributed by atoms with E-state index in [9.17, 15) is 0 Å². The Morgan fingerprint density at radius 3 is 2.93 bits per heavy atom. The van der Waals surface area contributed by atoms with E-state index >= 15 is 0 Å².